The fourth-order valence-electron chi connectivity index (χ4n) is 2.80. The van der Waals surface area contributed by atoms with Gasteiger partial charge in [0.05, 0.1) is 35.4 Å². The van der Waals surface area contributed by atoms with Crippen molar-refractivity contribution in [1.29, 1.82) is 0 Å². The van der Waals surface area contributed by atoms with E-state index in [2.05, 4.69) is 10.6 Å². The van der Waals surface area contributed by atoms with E-state index in [1.54, 1.807) is 0 Å². The Bertz CT molecular complexity index is 913. The molecule has 0 spiro atoms. The van der Waals surface area contributed by atoms with Gasteiger partial charge in [-0.1, -0.05) is 11.6 Å². The first-order chi connectivity index (χ1) is 12.9. The molecule has 1 heterocycles. The number of halogens is 3. The van der Waals surface area contributed by atoms with Crippen LogP contribution in [0.4, 0.5) is 18.8 Å². The van der Waals surface area contributed by atoms with Gasteiger partial charge in [-0.2, -0.15) is 3.89 Å². The normalized spacial score (nSPS) is 15.4. The zero-order valence-electron chi connectivity index (χ0n) is 13.6. The third-order valence-corrected chi connectivity index (χ3v) is 4.77. The predicted octanol–water partition coefficient (Wildman–Crippen LogP) is 4.80. The number of rotatable bonds is 4. The van der Waals surface area contributed by atoms with Gasteiger partial charge in [-0.05, 0) is 30.3 Å². The number of ether oxygens (including phenoxy) is 1. The maximum atomic E-state index is 13.3. The molecule has 3 N–H and O–H groups in total. The largest absolute Gasteiger partial charge is 0.492 e. The molecule has 2 aromatic rings. The second kappa shape index (κ2) is 8.01. The minimum absolute atomic E-state index is 0.0615. The number of fused-ring (bicyclic) bond motifs is 1. The maximum Gasteiger partial charge on any atom is 0.405 e. The van der Waals surface area contributed by atoms with E-state index in [0.29, 0.717) is 6.42 Å². The molecule has 1 aliphatic rings. The molecule has 2 amide bonds. The Morgan fingerprint density at radius 3 is 2.74 bits per heavy atom. The Labute approximate surface area is 162 Å². The van der Waals surface area contributed by atoms with Gasteiger partial charge in [-0.25, -0.2) is 9.18 Å². The van der Waals surface area contributed by atoms with Crippen LogP contribution in [-0.4, -0.2) is 23.7 Å². The Balaban J connectivity index is 1.97. The number of carbonyl (C=O) groups excluding carboxylic acids is 1. The highest BCUT2D eigenvalue weighted by Crippen LogP contribution is 2.42. The van der Waals surface area contributed by atoms with Crippen LogP contribution in [0.2, 0.25) is 5.02 Å². The van der Waals surface area contributed by atoms with Crippen molar-refractivity contribution in [1.82, 2.24) is 5.32 Å². The van der Waals surface area contributed by atoms with Crippen LogP contribution in [-0.2, 0) is 0 Å². The van der Waals surface area contributed by atoms with E-state index < -0.39 is 23.9 Å². The molecule has 0 unspecified atom stereocenters. The van der Waals surface area contributed by atoms with E-state index in [1.807, 2.05) is 0 Å². The third-order valence-electron chi connectivity index (χ3n) is 3.96. The summed E-state index contributed by atoms with van der Waals surface area (Å²) in [5.41, 5.74) is 0.626. The summed E-state index contributed by atoms with van der Waals surface area (Å²) in [4.78, 5) is 23.8. The molecular weight excluding hydrogens is 402 g/mol. The van der Waals surface area contributed by atoms with E-state index >= 15 is 0 Å². The topological polar surface area (TPSA) is 87.7 Å². The van der Waals surface area contributed by atoms with Gasteiger partial charge >= 0.3 is 6.09 Å². The Kier molecular flexibility index (Phi) is 5.71. The number of carbonyl (C=O) groups is 2. The predicted molar refractivity (Wildman–Crippen MR) is 96.8 cm³/mol. The van der Waals surface area contributed by atoms with Gasteiger partial charge < -0.3 is 20.5 Å². The van der Waals surface area contributed by atoms with Gasteiger partial charge in [0.1, 0.15) is 11.6 Å². The van der Waals surface area contributed by atoms with Crippen LogP contribution in [0.3, 0.4) is 0 Å². The van der Waals surface area contributed by atoms with Crippen LogP contribution in [0.5, 0.6) is 5.75 Å². The van der Waals surface area contributed by atoms with Crippen molar-refractivity contribution in [2.24, 2.45) is 0 Å². The minimum Gasteiger partial charge on any atom is -0.492 e. The van der Waals surface area contributed by atoms with Crippen molar-refractivity contribution in [3.63, 3.8) is 0 Å². The lowest BCUT2D eigenvalue weighted by Gasteiger charge is -2.28. The van der Waals surface area contributed by atoms with E-state index in [4.69, 9.17) is 21.4 Å². The van der Waals surface area contributed by atoms with Crippen LogP contribution in [0, 0.1) is 5.82 Å². The molecule has 0 radical (unpaired) electrons. The van der Waals surface area contributed by atoms with E-state index in [9.17, 15) is 17.9 Å². The number of nitrogens with one attached hydrogen (secondary N) is 2. The van der Waals surface area contributed by atoms with E-state index in [1.165, 1.54) is 24.3 Å². The molecule has 1 aliphatic heterocycles. The molecule has 142 valence electrons. The lowest BCUT2D eigenvalue weighted by Crippen LogP contribution is -2.32. The third kappa shape index (κ3) is 4.09. The molecule has 2 aromatic carbocycles. The molecule has 0 aromatic heterocycles. The van der Waals surface area contributed by atoms with E-state index in [0.717, 1.165) is 6.07 Å². The molecule has 27 heavy (non-hydrogen) atoms. The second-order valence-corrected chi connectivity index (χ2v) is 6.65. The minimum atomic E-state index is -1.27. The number of benzene rings is 2. The van der Waals surface area contributed by atoms with Crippen molar-refractivity contribution in [3.05, 3.63) is 52.3 Å². The quantitative estimate of drug-likeness (QED) is 0.669. The SMILES string of the molecule is O=C(O)N[C@H]1CCOc2c(C(=O)Nc3ccc(F)c(Cl)c3)ccc(SF)c21. The molecule has 1 atom stereocenters. The van der Waals surface area contributed by atoms with Crippen molar-refractivity contribution in [3.8, 4) is 5.75 Å². The van der Waals surface area contributed by atoms with Crippen LogP contribution in [0.1, 0.15) is 28.4 Å². The van der Waals surface area contributed by atoms with Gasteiger partial charge in [-0.3, -0.25) is 4.79 Å². The number of hydrogen-bond acceptors (Lipinski definition) is 4. The van der Waals surface area contributed by atoms with Crippen LogP contribution in [0.25, 0.3) is 0 Å². The van der Waals surface area contributed by atoms with Crippen molar-refractivity contribution >= 4 is 41.4 Å². The molecule has 3 rings (SSSR count). The summed E-state index contributed by atoms with van der Waals surface area (Å²) in [6, 6.07) is 5.75. The molecule has 0 saturated carbocycles. The lowest BCUT2D eigenvalue weighted by atomic mass is 9.97. The lowest BCUT2D eigenvalue weighted by molar-refractivity contribution is 0.102. The molecule has 0 aliphatic carbocycles. The highest BCUT2D eigenvalue weighted by molar-refractivity contribution is 7.94. The van der Waals surface area contributed by atoms with Crippen molar-refractivity contribution < 1.29 is 27.7 Å². The first kappa shape index (κ1) is 19.2. The van der Waals surface area contributed by atoms with Gasteiger partial charge in [0.15, 0.2) is 0 Å². The van der Waals surface area contributed by atoms with Crippen molar-refractivity contribution in [2.45, 2.75) is 17.4 Å². The number of hydrogen-bond donors (Lipinski definition) is 3. The standard InChI is InChI=1S/C17H13ClF2N2O4S/c18-10-7-8(1-3-11(10)19)21-16(23)9-2-4-13(27-20)14-12(22-17(24)25)5-6-26-15(9)14/h1-4,7,12,22H,5-6H2,(H,21,23)(H,24,25)/t12-/m0/s1. The monoisotopic (exact) mass is 414 g/mol. The van der Waals surface area contributed by atoms with Gasteiger partial charge in [0, 0.05) is 22.6 Å². The fraction of sp³-hybridized carbons (Fsp3) is 0.176. The summed E-state index contributed by atoms with van der Waals surface area (Å²) in [6.45, 7) is 0.154. The van der Waals surface area contributed by atoms with Crippen LogP contribution < -0.4 is 15.4 Å². The number of carboxylic acid groups (broad SMARTS) is 1. The molecule has 0 bridgehead atoms. The van der Waals surface area contributed by atoms with Gasteiger partial charge in [0.25, 0.3) is 5.91 Å². The average Bonchev–Trinajstić information content (AvgIpc) is 2.63. The summed E-state index contributed by atoms with van der Waals surface area (Å²) < 4.78 is 32.1. The molecule has 0 fully saturated rings. The molecule has 0 saturated heterocycles. The molecule has 10 heteroatoms. The average molecular weight is 415 g/mol. The highest BCUT2D eigenvalue weighted by Gasteiger charge is 2.30. The summed E-state index contributed by atoms with van der Waals surface area (Å²) in [6.07, 6.45) is -0.968. The number of anilines is 1. The zero-order chi connectivity index (χ0) is 19.6. The zero-order valence-corrected chi connectivity index (χ0v) is 15.2. The van der Waals surface area contributed by atoms with E-state index in [-0.39, 0.29) is 51.2 Å². The van der Waals surface area contributed by atoms with Gasteiger partial charge in [0.2, 0.25) is 0 Å². The first-order valence-corrected chi connectivity index (χ1v) is 8.84. The molecular formula is C17H13ClF2N2O4S. The summed E-state index contributed by atoms with van der Waals surface area (Å²) >= 11 is 5.64. The Morgan fingerprint density at radius 2 is 2.07 bits per heavy atom. The Hall–Kier alpha value is -2.52. The van der Waals surface area contributed by atoms with Crippen LogP contribution in [0.15, 0.2) is 35.2 Å². The molecule has 6 nitrogen and oxygen atoms in total. The number of amides is 2. The highest BCUT2D eigenvalue weighted by atomic mass is 35.5. The first-order valence-electron chi connectivity index (χ1n) is 7.75. The van der Waals surface area contributed by atoms with Crippen molar-refractivity contribution in [2.75, 3.05) is 11.9 Å². The summed E-state index contributed by atoms with van der Waals surface area (Å²) in [7, 11) is 0. The summed E-state index contributed by atoms with van der Waals surface area (Å²) in [5, 5.41) is 13.7. The summed E-state index contributed by atoms with van der Waals surface area (Å²) in [5.74, 6) is -1.10. The fourth-order valence-corrected chi connectivity index (χ4v) is 3.42. The maximum absolute atomic E-state index is 13.3. The van der Waals surface area contributed by atoms with Gasteiger partial charge in [-0.15, -0.1) is 0 Å². The van der Waals surface area contributed by atoms with Crippen LogP contribution >= 0.6 is 23.7 Å². The smallest absolute Gasteiger partial charge is 0.405 e. The second-order valence-electron chi connectivity index (χ2n) is 5.65. The Morgan fingerprint density at radius 1 is 1.30 bits per heavy atom.